The van der Waals surface area contributed by atoms with Crippen LogP contribution in [0.1, 0.15) is 39.5 Å². The van der Waals surface area contributed by atoms with Gasteiger partial charge in [-0.2, -0.15) is 11.8 Å². The fraction of sp³-hybridized carbons (Fsp3) is 0.923. The van der Waals surface area contributed by atoms with Crippen molar-refractivity contribution in [3.05, 3.63) is 0 Å². The van der Waals surface area contributed by atoms with Crippen LogP contribution in [0.5, 0.6) is 0 Å². The average molecular weight is 322 g/mol. The van der Waals surface area contributed by atoms with Crippen molar-refractivity contribution in [3.8, 4) is 0 Å². The Morgan fingerprint density at radius 3 is 2.59 bits per heavy atom. The van der Waals surface area contributed by atoms with E-state index in [-0.39, 0.29) is 0 Å². The lowest BCUT2D eigenvalue weighted by Crippen LogP contribution is -2.39. The van der Waals surface area contributed by atoms with E-state index >= 15 is 0 Å². The number of carbonyl (C=O) groups is 1. The summed E-state index contributed by atoms with van der Waals surface area (Å²) in [4.78, 5) is 14.3. The lowest BCUT2D eigenvalue weighted by atomic mass is 9.98. The lowest BCUT2D eigenvalue weighted by molar-refractivity contribution is -0.134. The van der Waals surface area contributed by atoms with Gasteiger partial charge < -0.3 is 4.90 Å². The smallest absolute Gasteiger partial charge is 0.223 e. The molecule has 2 nitrogen and oxygen atoms in total. The Labute approximate surface area is 118 Å². The highest BCUT2D eigenvalue weighted by atomic mass is 79.9. The molecular weight excluding hydrogens is 298 g/mol. The summed E-state index contributed by atoms with van der Waals surface area (Å²) in [6.07, 6.45) is 4.26. The van der Waals surface area contributed by atoms with Crippen LogP contribution in [-0.2, 0) is 4.79 Å². The monoisotopic (exact) mass is 321 g/mol. The SMILES string of the molecule is CC(C)N(CCCBr)C(=O)CC1CCSCC1. The topological polar surface area (TPSA) is 20.3 Å². The van der Waals surface area contributed by atoms with Gasteiger partial charge in [0.15, 0.2) is 0 Å². The Balaban J connectivity index is 2.40. The van der Waals surface area contributed by atoms with E-state index in [0.717, 1.165) is 24.7 Å². The Morgan fingerprint density at radius 1 is 1.41 bits per heavy atom. The van der Waals surface area contributed by atoms with Gasteiger partial charge in [-0.05, 0) is 50.5 Å². The molecule has 0 spiro atoms. The fourth-order valence-corrected chi connectivity index (χ4v) is 3.67. The summed E-state index contributed by atoms with van der Waals surface area (Å²) in [6, 6.07) is 0.333. The predicted molar refractivity (Wildman–Crippen MR) is 79.9 cm³/mol. The van der Waals surface area contributed by atoms with E-state index in [4.69, 9.17) is 0 Å². The van der Waals surface area contributed by atoms with Crippen LogP contribution in [0.3, 0.4) is 0 Å². The molecule has 1 aliphatic rings. The van der Waals surface area contributed by atoms with Crippen molar-refractivity contribution in [2.75, 3.05) is 23.4 Å². The first-order valence-corrected chi connectivity index (χ1v) is 8.86. The number of hydrogen-bond acceptors (Lipinski definition) is 2. The molecule has 4 heteroatoms. The molecule has 0 aliphatic carbocycles. The first-order valence-electron chi connectivity index (χ1n) is 6.58. The molecule has 1 fully saturated rings. The molecule has 0 bridgehead atoms. The maximum atomic E-state index is 12.3. The van der Waals surface area contributed by atoms with Crippen LogP contribution in [0, 0.1) is 5.92 Å². The average Bonchev–Trinajstić information content (AvgIpc) is 2.30. The number of alkyl halides is 1. The van der Waals surface area contributed by atoms with Gasteiger partial charge in [-0.1, -0.05) is 15.9 Å². The van der Waals surface area contributed by atoms with Crippen molar-refractivity contribution in [1.29, 1.82) is 0 Å². The summed E-state index contributed by atoms with van der Waals surface area (Å²) < 4.78 is 0. The van der Waals surface area contributed by atoms with Crippen molar-refractivity contribution in [2.45, 2.75) is 45.6 Å². The third kappa shape index (κ3) is 5.64. The van der Waals surface area contributed by atoms with Crippen LogP contribution < -0.4 is 0 Å². The first kappa shape index (κ1) is 15.4. The minimum atomic E-state index is 0.333. The van der Waals surface area contributed by atoms with Crippen LogP contribution in [0.15, 0.2) is 0 Å². The number of rotatable bonds is 6. The number of thioether (sulfide) groups is 1. The predicted octanol–water partition coefficient (Wildman–Crippen LogP) is 3.54. The van der Waals surface area contributed by atoms with Crippen LogP contribution >= 0.6 is 27.7 Å². The Bertz CT molecular complexity index is 229. The lowest BCUT2D eigenvalue weighted by Gasteiger charge is -2.29. The van der Waals surface area contributed by atoms with Crippen LogP contribution in [0.4, 0.5) is 0 Å². The molecule has 1 rings (SSSR count). The van der Waals surface area contributed by atoms with Crippen LogP contribution in [-0.4, -0.2) is 40.2 Å². The van der Waals surface area contributed by atoms with Crippen molar-refractivity contribution < 1.29 is 4.79 Å². The molecule has 0 N–H and O–H groups in total. The maximum absolute atomic E-state index is 12.3. The fourth-order valence-electron chi connectivity index (χ4n) is 2.22. The van der Waals surface area contributed by atoms with Gasteiger partial charge in [0.2, 0.25) is 5.91 Å². The van der Waals surface area contributed by atoms with Crippen molar-refractivity contribution >= 4 is 33.6 Å². The number of nitrogens with zero attached hydrogens (tertiary/aromatic N) is 1. The second-order valence-corrected chi connectivity index (χ2v) is 7.00. The third-order valence-electron chi connectivity index (χ3n) is 3.28. The van der Waals surface area contributed by atoms with Crippen LogP contribution in [0.2, 0.25) is 0 Å². The molecule has 1 saturated heterocycles. The molecule has 0 unspecified atom stereocenters. The van der Waals surface area contributed by atoms with E-state index in [1.165, 1.54) is 24.3 Å². The van der Waals surface area contributed by atoms with Gasteiger partial charge in [0, 0.05) is 24.3 Å². The molecule has 0 aromatic heterocycles. The number of amides is 1. The summed E-state index contributed by atoms with van der Waals surface area (Å²) in [7, 11) is 0. The van der Waals surface area contributed by atoms with E-state index in [2.05, 4.69) is 29.8 Å². The molecule has 1 heterocycles. The molecule has 0 radical (unpaired) electrons. The summed E-state index contributed by atoms with van der Waals surface area (Å²) in [5.41, 5.74) is 0. The van der Waals surface area contributed by atoms with Crippen molar-refractivity contribution in [3.63, 3.8) is 0 Å². The summed E-state index contributed by atoms with van der Waals surface area (Å²) >= 11 is 5.46. The summed E-state index contributed by atoms with van der Waals surface area (Å²) in [6.45, 7) is 5.12. The van der Waals surface area contributed by atoms with E-state index in [1.807, 2.05) is 16.7 Å². The van der Waals surface area contributed by atoms with Gasteiger partial charge in [0.25, 0.3) is 0 Å². The van der Waals surface area contributed by atoms with E-state index < -0.39 is 0 Å². The molecule has 17 heavy (non-hydrogen) atoms. The Hall–Kier alpha value is 0.300. The molecule has 1 aliphatic heterocycles. The number of carbonyl (C=O) groups excluding carboxylic acids is 1. The largest absolute Gasteiger partial charge is 0.340 e. The second-order valence-electron chi connectivity index (χ2n) is 4.98. The Morgan fingerprint density at radius 2 is 2.06 bits per heavy atom. The molecule has 0 atom stereocenters. The van der Waals surface area contributed by atoms with E-state index in [1.54, 1.807) is 0 Å². The quantitative estimate of drug-likeness (QED) is 0.697. The molecular formula is C13H24BrNOS. The highest BCUT2D eigenvalue weighted by Crippen LogP contribution is 2.26. The minimum Gasteiger partial charge on any atom is -0.340 e. The molecule has 0 aromatic carbocycles. The van der Waals surface area contributed by atoms with E-state index in [9.17, 15) is 4.79 Å². The van der Waals surface area contributed by atoms with Gasteiger partial charge >= 0.3 is 0 Å². The molecule has 0 saturated carbocycles. The third-order valence-corrected chi connectivity index (χ3v) is 4.89. The zero-order valence-corrected chi connectivity index (χ0v) is 13.4. The summed E-state index contributed by atoms with van der Waals surface area (Å²) in [5, 5.41) is 0.976. The van der Waals surface area contributed by atoms with Gasteiger partial charge in [0.1, 0.15) is 0 Å². The van der Waals surface area contributed by atoms with Gasteiger partial charge in [-0.15, -0.1) is 0 Å². The highest BCUT2D eigenvalue weighted by Gasteiger charge is 2.22. The summed E-state index contributed by atoms with van der Waals surface area (Å²) in [5.74, 6) is 3.47. The number of hydrogen-bond donors (Lipinski definition) is 0. The minimum absolute atomic E-state index is 0.333. The highest BCUT2D eigenvalue weighted by molar-refractivity contribution is 9.09. The maximum Gasteiger partial charge on any atom is 0.223 e. The molecule has 1 amide bonds. The molecule has 0 aromatic rings. The van der Waals surface area contributed by atoms with E-state index in [0.29, 0.717) is 17.9 Å². The standard InChI is InChI=1S/C13H24BrNOS/c1-11(2)15(7-3-6-14)13(16)10-12-4-8-17-9-5-12/h11-12H,3-10H2,1-2H3. The Kier molecular flexibility index (Phi) is 7.60. The van der Waals surface area contributed by atoms with Gasteiger partial charge in [0.05, 0.1) is 0 Å². The zero-order chi connectivity index (χ0) is 12.7. The van der Waals surface area contributed by atoms with Crippen molar-refractivity contribution in [2.24, 2.45) is 5.92 Å². The second kappa shape index (κ2) is 8.41. The molecule has 100 valence electrons. The van der Waals surface area contributed by atoms with Gasteiger partial charge in [-0.25, -0.2) is 0 Å². The normalized spacial score (nSPS) is 17.4. The van der Waals surface area contributed by atoms with Crippen molar-refractivity contribution in [1.82, 2.24) is 4.90 Å². The zero-order valence-electron chi connectivity index (χ0n) is 11.0. The van der Waals surface area contributed by atoms with Crippen LogP contribution in [0.25, 0.3) is 0 Å². The van der Waals surface area contributed by atoms with Gasteiger partial charge in [-0.3, -0.25) is 4.79 Å². The number of halogens is 1. The first-order chi connectivity index (χ1) is 8.15.